The Hall–Kier alpha value is -2.47. The van der Waals surface area contributed by atoms with Crippen LogP contribution in [0.25, 0.3) is 0 Å². The Labute approximate surface area is 409 Å². The number of nitrogens with one attached hydrogen (secondary N) is 2. The lowest BCUT2D eigenvalue weighted by Gasteiger charge is -2.77. The van der Waals surface area contributed by atoms with Gasteiger partial charge in [-0.1, -0.05) is 72.0 Å². The second kappa shape index (κ2) is 19.1. The Morgan fingerprint density at radius 3 is 2.38 bits per heavy atom. The van der Waals surface area contributed by atoms with Crippen molar-refractivity contribution in [2.24, 2.45) is 79.6 Å². The number of rotatable bonds is 14. The number of aromatic nitrogens is 2. The van der Waals surface area contributed by atoms with E-state index in [-0.39, 0.29) is 85.0 Å². The molecule has 15 nitrogen and oxygen atoms in total. The number of nitrogens with two attached hydrogens (primary N) is 1. The number of amides is 1. The Bertz CT molecular complexity index is 2030. The summed E-state index contributed by atoms with van der Waals surface area (Å²) in [4.78, 5) is 35.5. The topological polar surface area (TPSA) is 261 Å². The van der Waals surface area contributed by atoms with E-state index in [1.165, 1.54) is 5.57 Å². The molecule has 0 spiro atoms. The first-order valence-electron chi connectivity index (χ1n) is 27.0. The molecule has 20 unspecified atom stereocenters. The lowest BCUT2D eigenvalue weighted by Crippen LogP contribution is -2.75. The van der Waals surface area contributed by atoms with Gasteiger partial charge in [0.05, 0.1) is 37.2 Å². The van der Waals surface area contributed by atoms with Crippen LogP contribution in [0.5, 0.6) is 0 Å². The van der Waals surface area contributed by atoms with Crippen LogP contribution >= 0.6 is 0 Å². The molecule has 69 heavy (non-hydrogen) atoms. The van der Waals surface area contributed by atoms with Crippen LogP contribution in [0.1, 0.15) is 155 Å². The molecular formula is C54H86N4O11. The number of carboxylic acids is 1. The van der Waals surface area contributed by atoms with Crippen molar-refractivity contribution in [3.8, 4) is 0 Å². The lowest BCUT2D eigenvalue weighted by molar-refractivity contribution is -0.350. The van der Waals surface area contributed by atoms with Crippen molar-refractivity contribution in [2.45, 2.75) is 193 Å². The molecule has 1 amide bonds. The SMILES string of the molecule is CCC1CC2(C(=O)O)CCC(C)(CO)CC2C2=CCC3C4(C5CCCCC5)C(CC5CC(=O)NC5C(CCCN)c5cnc[nH]5)C(O)C(OC5OCC(O)C(O)C5O)C(C)(CO)C4CCC3(C)C21C. The van der Waals surface area contributed by atoms with Crippen molar-refractivity contribution in [2.75, 3.05) is 26.4 Å². The molecule has 388 valence electrons. The first-order chi connectivity index (χ1) is 32.8. The van der Waals surface area contributed by atoms with E-state index in [2.05, 4.69) is 49.1 Å². The summed E-state index contributed by atoms with van der Waals surface area (Å²) in [6.07, 6.45) is 10.5. The van der Waals surface area contributed by atoms with Gasteiger partial charge in [-0.2, -0.15) is 0 Å². The summed E-state index contributed by atoms with van der Waals surface area (Å²) >= 11 is 0. The number of aliphatic carboxylic acids is 1. The fourth-order valence-electron chi connectivity index (χ4n) is 18.4. The van der Waals surface area contributed by atoms with Crippen LogP contribution in [0.2, 0.25) is 0 Å². The first kappa shape index (κ1) is 51.4. The normalized spacial score (nSPS) is 48.3. The fraction of sp³-hybridized carbons (Fsp3) is 0.870. The summed E-state index contributed by atoms with van der Waals surface area (Å²) in [7, 11) is 0. The van der Waals surface area contributed by atoms with E-state index in [1.54, 1.807) is 6.33 Å². The standard InChI is InChI=1S/C54H86N4O11/c1-6-31-23-53(48(66)67)19-18-49(2,27-59)24-36(53)34-14-15-40-51(4,52(31,34)5)17-16-39-50(3,28-60)46(69-47-45(65)44(64)38(61)26-68-47)43(63)35(54(39,40)32-11-8-7-9-12-32)21-30-22-41(62)58-42(30)33(13-10-20-55)37-25-56-29-57-37/h14,25,29-33,35-36,38-40,42-47,59-61,63-65H,6-13,15-24,26-28,55H2,1-5H3,(H,56,57)(H,58,62)(H,66,67). The number of allylic oxidation sites excluding steroid dienone is 2. The molecule has 1 aromatic heterocycles. The average Bonchev–Trinajstić information content (AvgIpc) is 4.01. The molecule has 0 aromatic carbocycles. The molecule has 0 bridgehead atoms. The molecule has 3 heterocycles. The van der Waals surface area contributed by atoms with Gasteiger partial charge in [-0.05, 0) is 147 Å². The largest absolute Gasteiger partial charge is 0.481 e. The van der Waals surface area contributed by atoms with Crippen molar-refractivity contribution in [3.05, 3.63) is 29.9 Å². The number of aliphatic hydroxyl groups is 6. The number of ether oxygens (including phenoxy) is 2. The number of aromatic amines is 1. The smallest absolute Gasteiger partial charge is 0.310 e. The van der Waals surface area contributed by atoms with Crippen LogP contribution in [-0.4, -0.2) is 127 Å². The molecule has 6 aliphatic carbocycles. The molecule has 11 N–H and O–H groups in total. The molecule has 0 radical (unpaired) electrons. The second-order valence-corrected chi connectivity index (χ2v) is 24.9. The highest BCUT2D eigenvalue weighted by atomic mass is 16.7. The summed E-state index contributed by atoms with van der Waals surface area (Å²) in [5, 5.41) is 84.2. The molecule has 7 fully saturated rings. The van der Waals surface area contributed by atoms with E-state index in [0.29, 0.717) is 51.5 Å². The summed E-state index contributed by atoms with van der Waals surface area (Å²) in [6, 6.07) is -0.284. The minimum Gasteiger partial charge on any atom is -0.481 e. The Kier molecular flexibility index (Phi) is 14.2. The van der Waals surface area contributed by atoms with Crippen LogP contribution in [0.4, 0.5) is 0 Å². The quantitative estimate of drug-likeness (QED) is 0.0853. The van der Waals surface area contributed by atoms with E-state index in [9.17, 15) is 45.3 Å². The summed E-state index contributed by atoms with van der Waals surface area (Å²) in [6.45, 7) is 11.2. The van der Waals surface area contributed by atoms with Crippen molar-refractivity contribution in [3.63, 3.8) is 0 Å². The molecule has 20 atom stereocenters. The van der Waals surface area contributed by atoms with Crippen molar-refractivity contribution in [1.82, 2.24) is 15.3 Å². The number of hydrogen-bond acceptors (Lipinski definition) is 12. The van der Waals surface area contributed by atoms with E-state index >= 15 is 0 Å². The fourth-order valence-corrected chi connectivity index (χ4v) is 18.4. The summed E-state index contributed by atoms with van der Waals surface area (Å²) in [5.74, 6) is -1.77. The number of aliphatic hydroxyl groups excluding tert-OH is 6. The van der Waals surface area contributed by atoms with Crippen molar-refractivity contribution >= 4 is 11.9 Å². The van der Waals surface area contributed by atoms with Gasteiger partial charge in [-0.25, -0.2) is 4.98 Å². The maximum atomic E-state index is 13.9. The van der Waals surface area contributed by atoms with E-state index in [4.69, 9.17) is 15.2 Å². The molecule has 2 saturated heterocycles. The maximum absolute atomic E-state index is 13.9. The van der Waals surface area contributed by atoms with Gasteiger partial charge in [-0.15, -0.1) is 0 Å². The number of carboxylic acid groups (broad SMARTS) is 1. The average molecular weight is 967 g/mol. The molecule has 5 saturated carbocycles. The number of hydrogen-bond donors (Lipinski definition) is 10. The summed E-state index contributed by atoms with van der Waals surface area (Å²) < 4.78 is 12.8. The van der Waals surface area contributed by atoms with Gasteiger partial charge in [0.25, 0.3) is 0 Å². The van der Waals surface area contributed by atoms with Crippen molar-refractivity contribution < 1.29 is 54.8 Å². The van der Waals surface area contributed by atoms with E-state index in [1.807, 2.05) is 13.1 Å². The highest BCUT2D eigenvalue weighted by Gasteiger charge is 2.77. The van der Waals surface area contributed by atoms with Crippen LogP contribution in [0.3, 0.4) is 0 Å². The van der Waals surface area contributed by atoms with Gasteiger partial charge in [0.15, 0.2) is 6.29 Å². The zero-order valence-electron chi connectivity index (χ0n) is 42.0. The van der Waals surface area contributed by atoms with Crippen molar-refractivity contribution in [1.29, 1.82) is 0 Å². The Morgan fingerprint density at radius 2 is 1.72 bits per heavy atom. The molecule has 2 aliphatic heterocycles. The second-order valence-electron chi connectivity index (χ2n) is 24.9. The number of nitrogens with zero attached hydrogens (tertiary/aromatic N) is 1. The first-order valence-corrected chi connectivity index (χ1v) is 27.0. The van der Waals surface area contributed by atoms with Gasteiger partial charge in [-0.3, -0.25) is 9.59 Å². The number of carbonyl (C=O) groups is 2. The van der Waals surface area contributed by atoms with Crippen LogP contribution in [0.15, 0.2) is 24.2 Å². The summed E-state index contributed by atoms with van der Waals surface area (Å²) in [5.41, 5.74) is 4.52. The third-order valence-corrected chi connectivity index (χ3v) is 22.0. The number of H-pyrrole nitrogens is 1. The van der Waals surface area contributed by atoms with E-state index in [0.717, 1.165) is 63.5 Å². The van der Waals surface area contributed by atoms with Crippen LogP contribution in [-0.2, 0) is 19.1 Å². The van der Waals surface area contributed by atoms with Gasteiger partial charge >= 0.3 is 5.97 Å². The minimum absolute atomic E-state index is 0.00471. The van der Waals surface area contributed by atoms with Gasteiger partial charge in [0.2, 0.25) is 5.91 Å². The maximum Gasteiger partial charge on any atom is 0.310 e. The Morgan fingerprint density at radius 1 is 0.971 bits per heavy atom. The molecular weight excluding hydrogens is 881 g/mol. The highest BCUT2D eigenvalue weighted by molar-refractivity contribution is 5.79. The van der Waals surface area contributed by atoms with Gasteiger partial charge in [0.1, 0.15) is 18.3 Å². The number of fused-ring (bicyclic) bond motifs is 7. The molecule has 9 rings (SSSR count). The molecule has 8 aliphatic rings. The predicted octanol–water partition coefficient (Wildman–Crippen LogP) is 5.18. The van der Waals surface area contributed by atoms with Gasteiger partial charge in [0, 0.05) is 42.3 Å². The predicted molar refractivity (Wildman–Crippen MR) is 257 cm³/mol. The van der Waals surface area contributed by atoms with E-state index < -0.39 is 75.8 Å². The Balaban J connectivity index is 1.24. The van der Waals surface area contributed by atoms with Crippen LogP contribution in [0, 0.1) is 73.9 Å². The molecule has 1 aromatic rings. The number of carbonyl (C=O) groups excluding carboxylic acids is 1. The number of imidazole rings is 1. The lowest BCUT2D eigenvalue weighted by atomic mass is 9.28. The van der Waals surface area contributed by atoms with Gasteiger partial charge < -0.3 is 61.3 Å². The zero-order valence-corrected chi connectivity index (χ0v) is 42.0. The highest BCUT2D eigenvalue weighted by Crippen LogP contribution is 2.80. The third kappa shape index (κ3) is 7.77. The van der Waals surface area contributed by atoms with Crippen LogP contribution < -0.4 is 11.1 Å². The molecule has 15 heteroatoms. The minimum atomic E-state index is -1.61. The third-order valence-electron chi connectivity index (χ3n) is 22.0. The zero-order chi connectivity index (χ0) is 49.5. The monoisotopic (exact) mass is 967 g/mol.